The van der Waals surface area contributed by atoms with Crippen LogP contribution in [0.5, 0.6) is 5.75 Å². The van der Waals surface area contributed by atoms with Crippen LogP contribution >= 0.6 is 0 Å². The van der Waals surface area contributed by atoms with E-state index < -0.39 is 0 Å². The second-order valence-electron chi connectivity index (χ2n) is 8.62. The van der Waals surface area contributed by atoms with Gasteiger partial charge in [-0.25, -0.2) is 4.98 Å². The highest BCUT2D eigenvalue weighted by Gasteiger charge is 2.22. The Labute approximate surface area is 206 Å². The molecule has 0 radical (unpaired) electrons. The Morgan fingerprint density at radius 2 is 1.60 bits per heavy atom. The van der Waals surface area contributed by atoms with Crippen LogP contribution in [0.25, 0.3) is 0 Å². The first-order valence-corrected chi connectivity index (χ1v) is 11.7. The van der Waals surface area contributed by atoms with Crippen LogP contribution in [0.4, 0.5) is 0 Å². The number of carbonyl (C=O) groups is 1. The number of methoxy groups -OCH3 is 1. The molecule has 1 amide bonds. The van der Waals surface area contributed by atoms with Crippen LogP contribution in [-0.2, 0) is 19.6 Å². The van der Waals surface area contributed by atoms with Crippen LogP contribution in [0.1, 0.15) is 46.0 Å². The molecule has 1 heterocycles. The van der Waals surface area contributed by atoms with E-state index in [0.29, 0.717) is 31.2 Å². The van der Waals surface area contributed by atoms with E-state index in [2.05, 4.69) is 35.0 Å². The lowest BCUT2D eigenvalue weighted by atomic mass is 10.1. The van der Waals surface area contributed by atoms with Crippen molar-refractivity contribution in [2.75, 3.05) is 14.2 Å². The number of ether oxygens (including phenoxy) is 1. The van der Waals surface area contributed by atoms with Gasteiger partial charge >= 0.3 is 0 Å². The molecule has 0 spiro atoms. The third kappa shape index (κ3) is 6.37. The molecule has 4 aromatic rings. The molecular formula is C29H31N3O3. The number of hydrogen-bond donors (Lipinski definition) is 0. The lowest BCUT2D eigenvalue weighted by Crippen LogP contribution is -2.27. The van der Waals surface area contributed by atoms with Crippen molar-refractivity contribution in [1.82, 2.24) is 14.8 Å². The molecule has 0 fully saturated rings. The van der Waals surface area contributed by atoms with Gasteiger partial charge in [0.2, 0.25) is 5.89 Å². The number of carbonyl (C=O) groups excluding carboxylic acids is 1. The summed E-state index contributed by atoms with van der Waals surface area (Å²) in [7, 11) is 3.44. The van der Waals surface area contributed by atoms with Crippen LogP contribution in [0.2, 0.25) is 0 Å². The SMILES string of the molecule is COc1cccc(CN(Cc2nc(C(=O)N(C)Cc3ccccc3)co2)C(C)c2ccccc2)c1. The molecule has 6 heteroatoms. The number of nitrogens with zero attached hydrogens (tertiary/aromatic N) is 3. The molecule has 1 unspecified atom stereocenters. The van der Waals surface area contributed by atoms with Gasteiger partial charge in [-0.15, -0.1) is 0 Å². The molecular weight excluding hydrogens is 438 g/mol. The van der Waals surface area contributed by atoms with E-state index in [-0.39, 0.29) is 11.9 Å². The van der Waals surface area contributed by atoms with Crippen molar-refractivity contribution in [1.29, 1.82) is 0 Å². The molecule has 3 aromatic carbocycles. The second-order valence-corrected chi connectivity index (χ2v) is 8.62. The van der Waals surface area contributed by atoms with Crippen LogP contribution in [0.15, 0.2) is 95.6 Å². The fourth-order valence-corrected chi connectivity index (χ4v) is 4.06. The van der Waals surface area contributed by atoms with Crippen molar-refractivity contribution in [3.05, 3.63) is 119 Å². The summed E-state index contributed by atoms with van der Waals surface area (Å²) in [5.74, 6) is 1.16. The number of benzene rings is 3. The van der Waals surface area contributed by atoms with E-state index in [1.54, 1.807) is 19.1 Å². The van der Waals surface area contributed by atoms with E-state index in [9.17, 15) is 4.79 Å². The van der Waals surface area contributed by atoms with Crippen LogP contribution in [-0.4, -0.2) is 34.8 Å². The Morgan fingerprint density at radius 3 is 2.31 bits per heavy atom. The minimum Gasteiger partial charge on any atom is -0.497 e. The van der Waals surface area contributed by atoms with Crippen LogP contribution < -0.4 is 4.74 Å². The summed E-state index contributed by atoms with van der Waals surface area (Å²) in [6, 6.07) is 28.4. The summed E-state index contributed by atoms with van der Waals surface area (Å²) in [5.41, 5.74) is 3.69. The zero-order valence-electron chi connectivity index (χ0n) is 20.4. The summed E-state index contributed by atoms with van der Waals surface area (Å²) in [4.78, 5) is 21.4. The molecule has 35 heavy (non-hydrogen) atoms. The van der Waals surface area contributed by atoms with Gasteiger partial charge in [-0.05, 0) is 35.7 Å². The normalized spacial score (nSPS) is 11.9. The monoisotopic (exact) mass is 469 g/mol. The fourth-order valence-electron chi connectivity index (χ4n) is 4.06. The van der Waals surface area contributed by atoms with Crippen molar-refractivity contribution in [3.63, 3.8) is 0 Å². The summed E-state index contributed by atoms with van der Waals surface area (Å²) in [5, 5.41) is 0. The lowest BCUT2D eigenvalue weighted by Gasteiger charge is -2.28. The van der Waals surface area contributed by atoms with Crippen molar-refractivity contribution in [2.24, 2.45) is 0 Å². The summed E-state index contributed by atoms with van der Waals surface area (Å²) in [6.07, 6.45) is 1.45. The first kappa shape index (κ1) is 24.2. The number of amides is 1. The zero-order chi connectivity index (χ0) is 24.6. The molecule has 4 rings (SSSR count). The standard InChI is InChI=1S/C29H31N3O3/c1-22(25-14-8-5-9-15-25)32(19-24-13-10-16-26(17-24)34-3)20-28-30-27(21-35-28)29(33)31(2)18-23-11-6-4-7-12-23/h4-17,21-22H,18-20H2,1-3H3. The van der Waals surface area contributed by atoms with Gasteiger partial charge in [0, 0.05) is 26.2 Å². The van der Waals surface area contributed by atoms with E-state index in [0.717, 1.165) is 16.9 Å². The van der Waals surface area contributed by atoms with E-state index >= 15 is 0 Å². The number of rotatable bonds is 10. The minimum absolute atomic E-state index is 0.106. The summed E-state index contributed by atoms with van der Waals surface area (Å²) >= 11 is 0. The first-order chi connectivity index (χ1) is 17.0. The molecule has 0 aliphatic heterocycles. The Kier molecular flexibility index (Phi) is 7.95. The molecule has 0 N–H and O–H groups in total. The summed E-state index contributed by atoms with van der Waals surface area (Å²) in [6.45, 7) is 3.81. The minimum atomic E-state index is -0.167. The highest BCUT2D eigenvalue weighted by atomic mass is 16.5. The third-order valence-electron chi connectivity index (χ3n) is 6.07. The van der Waals surface area contributed by atoms with Gasteiger partial charge in [-0.2, -0.15) is 0 Å². The van der Waals surface area contributed by atoms with Gasteiger partial charge in [-0.3, -0.25) is 9.69 Å². The van der Waals surface area contributed by atoms with Gasteiger partial charge < -0.3 is 14.1 Å². The van der Waals surface area contributed by atoms with Crippen molar-refractivity contribution < 1.29 is 13.9 Å². The molecule has 1 atom stereocenters. The first-order valence-electron chi connectivity index (χ1n) is 11.7. The van der Waals surface area contributed by atoms with Gasteiger partial charge in [0.25, 0.3) is 5.91 Å². The smallest absolute Gasteiger partial charge is 0.275 e. The molecule has 0 bridgehead atoms. The Morgan fingerprint density at radius 1 is 0.914 bits per heavy atom. The highest BCUT2D eigenvalue weighted by Crippen LogP contribution is 2.26. The van der Waals surface area contributed by atoms with E-state index in [1.807, 2.05) is 66.7 Å². The van der Waals surface area contributed by atoms with Gasteiger partial charge in [0.1, 0.15) is 12.0 Å². The highest BCUT2D eigenvalue weighted by molar-refractivity contribution is 5.91. The maximum absolute atomic E-state index is 12.9. The molecule has 0 saturated carbocycles. The fraction of sp³-hybridized carbons (Fsp3) is 0.241. The average molecular weight is 470 g/mol. The van der Waals surface area contributed by atoms with Gasteiger partial charge in [0.05, 0.1) is 13.7 Å². The lowest BCUT2D eigenvalue weighted by molar-refractivity contribution is 0.0779. The molecule has 6 nitrogen and oxygen atoms in total. The molecule has 0 aliphatic rings. The summed E-state index contributed by atoms with van der Waals surface area (Å²) < 4.78 is 11.2. The Hall–Kier alpha value is -3.90. The van der Waals surface area contributed by atoms with Gasteiger partial charge in [-0.1, -0.05) is 72.8 Å². The van der Waals surface area contributed by atoms with Crippen molar-refractivity contribution in [3.8, 4) is 5.75 Å². The predicted molar refractivity (Wildman–Crippen MR) is 136 cm³/mol. The van der Waals surface area contributed by atoms with Gasteiger partial charge in [0.15, 0.2) is 5.69 Å². The van der Waals surface area contributed by atoms with E-state index in [1.165, 1.54) is 11.8 Å². The molecule has 180 valence electrons. The zero-order valence-corrected chi connectivity index (χ0v) is 20.4. The average Bonchev–Trinajstić information content (AvgIpc) is 3.37. The Balaban J connectivity index is 1.51. The maximum atomic E-state index is 12.9. The van der Waals surface area contributed by atoms with Crippen LogP contribution in [0.3, 0.4) is 0 Å². The largest absolute Gasteiger partial charge is 0.497 e. The van der Waals surface area contributed by atoms with Crippen LogP contribution in [0, 0.1) is 0 Å². The number of oxazole rings is 1. The number of hydrogen-bond acceptors (Lipinski definition) is 5. The Bertz CT molecular complexity index is 1220. The van der Waals surface area contributed by atoms with E-state index in [4.69, 9.17) is 9.15 Å². The molecule has 0 aliphatic carbocycles. The third-order valence-corrected chi connectivity index (χ3v) is 6.07. The quantitative estimate of drug-likeness (QED) is 0.297. The second kappa shape index (κ2) is 11.5. The number of aromatic nitrogens is 1. The predicted octanol–water partition coefficient (Wildman–Crippen LogP) is 5.72. The molecule has 0 saturated heterocycles. The topological polar surface area (TPSA) is 58.8 Å². The molecule has 1 aromatic heterocycles. The van der Waals surface area contributed by atoms with Crippen molar-refractivity contribution in [2.45, 2.75) is 32.6 Å². The maximum Gasteiger partial charge on any atom is 0.275 e. The van der Waals surface area contributed by atoms with Crippen molar-refractivity contribution >= 4 is 5.91 Å².